The van der Waals surface area contributed by atoms with E-state index in [2.05, 4.69) is 4.98 Å². The third-order valence-corrected chi connectivity index (χ3v) is 5.27. The molecular weight excluding hydrogens is 312 g/mol. The molecule has 112 valence electrons. The van der Waals surface area contributed by atoms with Crippen LogP contribution in [0.4, 0.5) is 0 Å². The van der Waals surface area contributed by atoms with Crippen LogP contribution in [0.5, 0.6) is 5.88 Å². The molecule has 2 aromatic rings. The third kappa shape index (κ3) is 3.22. The van der Waals surface area contributed by atoms with Crippen molar-refractivity contribution in [2.45, 2.75) is 18.7 Å². The molecule has 0 aliphatic carbocycles. The number of pyridine rings is 1. The summed E-state index contributed by atoms with van der Waals surface area (Å²) in [5.74, 6) is -0.702. The van der Waals surface area contributed by atoms with Gasteiger partial charge in [-0.1, -0.05) is 0 Å². The van der Waals surface area contributed by atoms with Gasteiger partial charge >= 0.3 is 0 Å². The van der Waals surface area contributed by atoms with Gasteiger partial charge in [-0.05, 0) is 32.0 Å². The fraction of sp³-hybridized carbons (Fsp3) is 0.231. The molecule has 0 radical (unpaired) electrons. The number of methoxy groups -OCH3 is 1. The number of aryl methyl sites for hydroxylation is 2. The van der Waals surface area contributed by atoms with Gasteiger partial charge in [-0.25, -0.2) is 18.1 Å². The molecule has 2 aromatic heterocycles. The van der Waals surface area contributed by atoms with Crippen molar-refractivity contribution in [1.82, 2.24) is 9.71 Å². The van der Waals surface area contributed by atoms with Gasteiger partial charge in [0.25, 0.3) is 15.9 Å². The standard InChI is InChI=1S/C13H14N2O4S2/c1-8-7-11(9(2)20-8)21(17,18)15-12(16)10-5-4-6-14-13(10)19-3/h4-7H,1-3H3,(H,15,16). The van der Waals surface area contributed by atoms with Gasteiger partial charge in [-0.15, -0.1) is 11.3 Å². The van der Waals surface area contributed by atoms with Crippen molar-refractivity contribution in [3.8, 4) is 5.88 Å². The lowest BCUT2D eigenvalue weighted by Crippen LogP contribution is -2.31. The van der Waals surface area contributed by atoms with Crippen molar-refractivity contribution < 1.29 is 17.9 Å². The molecule has 2 heterocycles. The van der Waals surface area contributed by atoms with Crippen LogP contribution < -0.4 is 9.46 Å². The topological polar surface area (TPSA) is 85.4 Å². The predicted molar refractivity (Wildman–Crippen MR) is 79.2 cm³/mol. The average Bonchev–Trinajstić information content (AvgIpc) is 2.78. The second kappa shape index (κ2) is 5.82. The van der Waals surface area contributed by atoms with Crippen LogP contribution in [-0.2, 0) is 10.0 Å². The Morgan fingerprint density at radius 2 is 2.10 bits per heavy atom. The quantitative estimate of drug-likeness (QED) is 0.927. The Bertz CT molecular complexity index is 781. The fourth-order valence-electron chi connectivity index (χ4n) is 1.83. The molecule has 0 saturated heterocycles. The molecule has 0 saturated carbocycles. The first-order valence-corrected chi connectivity index (χ1v) is 8.28. The maximum atomic E-state index is 12.3. The summed E-state index contributed by atoms with van der Waals surface area (Å²) in [6, 6.07) is 4.52. The Morgan fingerprint density at radius 3 is 2.67 bits per heavy atom. The Kier molecular flexibility index (Phi) is 4.29. The zero-order valence-corrected chi connectivity index (χ0v) is 13.3. The van der Waals surface area contributed by atoms with Gasteiger partial charge in [0.05, 0.1) is 7.11 Å². The second-order valence-electron chi connectivity index (χ2n) is 4.27. The average molecular weight is 326 g/mol. The number of hydrogen-bond acceptors (Lipinski definition) is 6. The lowest BCUT2D eigenvalue weighted by Gasteiger charge is -2.08. The number of carbonyl (C=O) groups is 1. The van der Waals surface area contributed by atoms with Crippen LogP contribution in [0.1, 0.15) is 20.1 Å². The van der Waals surface area contributed by atoms with E-state index in [1.165, 1.54) is 42.8 Å². The van der Waals surface area contributed by atoms with E-state index in [9.17, 15) is 13.2 Å². The van der Waals surface area contributed by atoms with Crippen molar-refractivity contribution in [2.24, 2.45) is 0 Å². The molecule has 0 aromatic carbocycles. The Hall–Kier alpha value is -1.93. The minimum Gasteiger partial charge on any atom is -0.480 e. The number of hydrogen-bond donors (Lipinski definition) is 1. The van der Waals surface area contributed by atoms with Crippen LogP contribution in [-0.4, -0.2) is 26.4 Å². The lowest BCUT2D eigenvalue weighted by atomic mass is 10.2. The first-order valence-electron chi connectivity index (χ1n) is 5.98. The molecule has 2 rings (SSSR count). The normalized spacial score (nSPS) is 11.2. The van der Waals surface area contributed by atoms with Gasteiger partial charge in [-0.3, -0.25) is 4.79 Å². The van der Waals surface area contributed by atoms with Crippen LogP contribution in [0.15, 0.2) is 29.3 Å². The highest BCUT2D eigenvalue weighted by atomic mass is 32.2. The van der Waals surface area contributed by atoms with E-state index in [1.807, 2.05) is 11.6 Å². The van der Waals surface area contributed by atoms with Crippen LogP contribution >= 0.6 is 11.3 Å². The minimum atomic E-state index is -3.91. The molecule has 0 aliphatic rings. The van der Waals surface area contributed by atoms with Crippen molar-refractivity contribution in [2.75, 3.05) is 7.11 Å². The van der Waals surface area contributed by atoms with Crippen LogP contribution in [0.2, 0.25) is 0 Å². The second-order valence-corrected chi connectivity index (χ2v) is 7.38. The maximum absolute atomic E-state index is 12.3. The lowest BCUT2D eigenvalue weighted by molar-refractivity contribution is 0.0977. The highest BCUT2D eigenvalue weighted by molar-refractivity contribution is 7.90. The molecule has 0 aliphatic heterocycles. The van der Waals surface area contributed by atoms with Crippen LogP contribution in [0.3, 0.4) is 0 Å². The van der Waals surface area contributed by atoms with Gasteiger partial charge in [0, 0.05) is 16.0 Å². The van der Waals surface area contributed by atoms with Gasteiger partial charge < -0.3 is 4.74 Å². The molecule has 0 bridgehead atoms. The highest BCUT2D eigenvalue weighted by Gasteiger charge is 2.24. The maximum Gasteiger partial charge on any atom is 0.270 e. The van der Waals surface area contributed by atoms with E-state index in [1.54, 1.807) is 6.92 Å². The number of carbonyl (C=O) groups excluding carboxylic acids is 1. The molecule has 21 heavy (non-hydrogen) atoms. The van der Waals surface area contributed by atoms with Crippen LogP contribution in [0, 0.1) is 13.8 Å². The number of amides is 1. The highest BCUT2D eigenvalue weighted by Crippen LogP contribution is 2.25. The van der Waals surface area contributed by atoms with E-state index >= 15 is 0 Å². The Labute approximate surface area is 126 Å². The number of ether oxygens (including phenoxy) is 1. The molecular formula is C13H14N2O4S2. The van der Waals surface area contributed by atoms with Gasteiger partial charge in [-0.2, -0.15) is 0 Å². The third-order valence-electron chi connectivity index (χ3n) is 2.72. The fourth-order valence-corrected chi connectivity index (χ4v) is 4.35. The molecule has 0 fully saturated rings. The van der Waals surface area contributed by atoms with Crippen molar-refractivity contribution in [3.63, 3.8) is 0 Å². The SMILES string of the molecule is COc1ncccc1C(=O)NS(=O)(=O)c1cc(C)sc1C. The van der Waals surface area contributed by atoms with Crippen molar-refractivity contribution in [3.05, 3.63) is 39.7 Å². The number of nitrogens with one attached hydrogen (secondary N) is 1. The number of aromatic nitrogens is 1. The van der Waals surface area contributed by atoms with Crippen molar-refractivity contribution in [1.29, 1.82) is 0 Å². The van der Waals surface area contributed by atoms with Gasteiger partial charge in [0.2, 0.25) is 5.88 Å². The Balaban J connectivity index is 2.33. The number of rotatable bonds is 4. The first kappa shape index (κ1) is 15.5. The summed E-state index contributed by atoms with van der Waals surface area (Å²) in [5.41, 5.74) is 0.0631. The monoisotopic (exact) mass is 326 g/mol. The summed E-state index contributed by atoms with van der Waals surface area (Å²) in [6.45, 7) is 3.50. The zero-order valence-electron chi connectivity index (χ0n) is 11.7. The van der Waals surface area contributed by atoms with Crippen LogP contribution in [0.25, 0.3) is 0 Å². The Morgan fingerprint density at radius 1 is 1.38 bits per heavy atom. The summed E-state index contributed by atoms with van der Waals surface area (Å²) < 4.78 is 31.5. The van der Waals surface area contributed by atoms with Gasteiger partial charge in [0.1, 0.15) is 10.5 Å². The summed E-state index contributed by atoms with van der Waals surface area (Å²) >= 11 is 1.36. The van der Waals surface area contributed by atoms with E-state index in [0.717, 1.165) is 4.88 Å². The molecule has 0 spiro atoms. The zero-order chi connectivity index (χ0) is 15.6. The summed E-state index contributed by atoms with van der Waals surface area (Å²) in [6.07, 6.45) is 1.45. The van der Waals surface area contributed by atoms with E-state index in [-0.39, 0.29) is 16.3 Å². The van der Waals surface area contributed by atoms with E-state index in [4.69, 9.17) is 4.74 Å². The van der Waals surface area contributed by atoms with E-state index in [0.29, 0.717) is 4.88 Å². The largest absolute Gasteiger partial charge is 0.480 e. The number of sulfonamides is 1. The number of nitrogens with zero attached hydrogens (tertiary/aromatic N) is 1. The van der Waals surface area contributed by atoms with E-state index < -0.39 is 15.9 Å². The molecule has 1 N–H and O–H groups in total. The molecule has 6 nitrogen and oxygen atoms in total. The smallest absolute Gasteiger partial charge is 0.270 e. The number of thiophene rings is 1. The first-order chi connectivity index (χ1) is 9.85. The molecule has 1 amide bonds. The minimum absolute atomic E-state index is 0.0631. The summed E-state index contributed by atoms with van der Waals surface area (Å²) in [7, 11) is -2.55. The molecule has 0 atom stereocenters. The van der Waals surface area contributed by atoms with Gasteiger partial charge in [0.15, 0.2) is 0 Å². The summed E-state index contributed by atoms with van der Waals surface area (Å²) in [5, 5.41) is 0. The predicted octanol–water partition coefficient (Wildman–Crippen LogP) is 1.89. The summed E-state index contributed by atoms with van der Waals surface area (Å²) in [4.78, 5) is 17.6. The molecule has 8 heteroatoms. The van der Waals surface area contributed by atoms with Crippen molar-refractivity contribution >= 4 is 27.3 Å². The molecule has 0 unspecified atom stereocenters.